The quantitative estimate of drug-likeness (QED) is 0.549. The fourth-order valence-electron chi connectivity index (χ4n) is 3.44. The smallest absolute Gasteiger partial charge is 0.255 e. The van der Waals surface area contributed by atoms with E-state index in [9.17, 15) is 4.79 Å². The lowest BCUT2D eigenvalue weighted by molar-refractivity contribution is 0.0784. The summed E-state index contributed by atoms with van der Waals surface area (Å²) in [5.41, 5.74) is 6.52. The summed E-state index contributed by atoms with van der Waals surface area (Å²) < 4.78 is 3.76. The zero-order valence-corrected chi connectivity index (χ0v) is 16.5. The third-order valence-corrected chi connectivity index (χ3v) is 5.17. The van der Waals surface area contributed by atoms with E-state index in [2.05, 4.69) is 10.1 Å². The van der Waals surface area contributed by atoms with Gasteiger partial charge in [0.25, 0.3) is 5.91 Å². The Hall–Kier alpha value is -3.41. The Morgan fingerprint density at radius 1 is 1.07 bits per heavy atom. The summed E-state index contributed by atoms with van der Waals surface area (Å²) >= 11 is 0. The van der Waals surface area contributed by atoms with Crippen LogP contribution in [-0.2, 0) is 13.6 Å². The minimum absolute atomic E-state index is 0.0282. The Balaban J connectivity index is 1.60. The molecule has 0 fully saturated rings. The van der Waals surface area contributed by atoms with Crippen molar-refractivity contribution in [2.24, 2.45) is 7.05 Å². The number of aromatic nitrogens is 4. The number of hydrogen-bond donors (Lipinski definition) is 0. The molecule has 6 nitrogen and oxygen atoms in total. The second-order valence-corrected chi connectivity index (χ2v) is 7.11. The highest BCUT2D eigenvalue weighted by atomic mass is 16.2. The molecule has 142 valence electrons. The molecule has 0 aliphatic carbocycles. The van der Waals surface area contributed by atoms with E-state index in [4.69, 9.17) is 0 Å². The average Bonchev–Trinajstić information content (AvgIpc) is 3.23. The predicted octanol–water partition coefficient (Wildman–Crippen LogP) is 3.62. The Morgan fingerprint density at radius 2 is 1.82 bits per heavy atom. The molecule has 0 spiro atoms. The maximum atomic E-state index is 13.0. The van der Waals surface area contributed by atoms with Crippen molar-refractivity contribution >= 4 is 11.6 Å². The molecule has 0 saturated carbocycles. The Labute approximate surface area is 164 Å². The number of fused-ring (bicyclic) bond motifs is 1. The first kappa shape index (κ1) is 18.0. The molecular weight excluding hydrogens is 350 g/mol. The minimum atomic E-state index is -0.0282. The van der Waals surface area contributed by atoms with Gasteiger partial charge in [0.15, 0.2) is 0 Å². The van der Waals surface area contributed by atoms with Crippen molar-refractivity contribution in [3.63, 3.8) is 0 Å². The number of amides is 1. The lowest BCUT2D eigenvalue weighted by atomic mass is 10.1. The molecule has 4 aromatic rings. The summed E-state index contributed by atoms with van der Waals surface area (Å²) in [6, 6.07) is 13.7. The fourth-order valence-corrected chi connectivity index (χ4v) is 3.44. The van der Waals surface area contributed by atoms with E-state index in [1.165, 1.54) is 0 Å². The highest BCUT2D eigenvalue weighted by molar-refractivity contribution is 5.94. The van der Waals surface area contributed by atoms with Crippen LogP contribution >= 0.6 is 0 Å². The summed E-state index contributed by atoms with van der Waals surface area (Å²) in [6.07, 6.45) is 3.80. The van der Waals surface area contributed by atoms with E-state index in [0.717, 1.165) is 33.9 Å². The van der Waals surface area contributed by atoms with Crippen LogP contribution in [0, 0.1) is 13.8 Å². The highest BCUT2D eigenvalue weighted by Gasteiger charge is 2.17. The van der Waals surface area contributed by atoms with Gasteiger partial charge in [0, 0.05) is 49.9 Å². The number of nitrogens with zero attached hydrogens (tertiary/aromatic N) is 5. The number of benzene rings is 1. The van der Waals surface area contributed by atoms with Crippen LogP contribution in [-0.4, -0.2) is 37.0 Å². The lowest BCUT2D eigenvalue weighted by Crippen LogP contribution is -2.27. The van der Waals surface area contributed by atoms with Crippen LogP contribution in [0.1, 0.15) is 27.3 Å². The van der Waals surface area contributed by atoms with Gasteiger partial charge in [-0.2, -0.15) is 5.10 Å². The number of hydrogen-bond acceptors (Lipinski definition) is 3. The topological polar surface area (TPSA) is 55.4 Å². The average molecular weight is 373 g/mol. The number of carbonyl (C=O) groups is 1. The number of imidazole rings is 1. The van der Waals surface area contributed by atoms with Crippen LogP contribution < -0.4 is 0 Å². The van der Waals surface area contributed by atoms with Crippen molar-refractivity contribution in [2.45, 2.75) is 20.4 Å². The monoisotopic (exact) mass is 373 g/mol. The molecule has 6 heteroatoms. The Bertz CT molecular complexity index is 1160. The minimum Gasteiger partial charge on any atom is -0.337 e. The van der Waals surface area contributed by atoms with Gasteiger partial charge in [0.2, 0.25) is 0 Å². The Kier molecular flexibility index (Phi) is 4.47. The molecule has 0 bridgehead atoms. The predicted molar refractivity (Wildman–Crippen MR) is 109 cm³/mol. The number of rotatable bonds is 4. The van der Waals surface area contributed by atoms with Crippen LogP contribution in [0.15, 0.2) is 54.9 Å². The second-order valence-electron chi connectivity index (χ2n) is 7.11. The van der Waals surface area contributed by atoms with Crippen molar-refractivity contribution < 1.29 is 4.79 Å². The van der Waals surface area contributed by atoms with Gasteiger partial charge in [-0.25, -0.2) is 4.98 Å². The van der Waals surface area contributed by atoms with Crippen LogP contribution in [0.2, 0.25) is 0 Å². The third kappa shape index (κ3) is 3.17. The van der Waals surface area contributed by atoms with E-state index in [1.54, 1.807) is 4.90 Å². The first-order chi connectivity index (χ1) is 13.4. The van der Waals surface area contributed by atoms with Crippen LogP contribution in [0.3, 0.4) is 0 Å². The van der Waals surface area contributed by atoms with Crippen molar-refractivity contribution in [2.75, 3.05) is 7.05 Å². The summed E-state index contributed by atoms with van der Waals surface area (Å²) in [6.45, 7) is 4.53. The van der Waals surface area contributed by atoms with E-state index in [1.807, 2.05) is 91.9 Å². The zero-order valence-electron chi connectivity index (χ0n) is 16.5. The summed E-state index contributed by atoms with van der Waals surface area (Å²) in [5.74, 6) is -0.0282. The van der Waals surface area contributed by atoms with Crippen molar-refractivity contribution in [1.82, 2.24) is 24.1 Å². The fraction of sp³-hybridized carbons (Fsp3) is 0.227. The molecule has 0 atom stereocenters. The normalized spacial score (nSPS) is 11.1. The van der Waals surface area contributed by atoms with E-state index in [0.29, 0.717) is 12.1 Å². The molecule has 4 rings (SSSR count). The maximum Gasteiger partial charge on any atom is 0.255 e. The van der Waals surface area contributed by atoms with Crippen molar-refractivity contribution in [3.8, 4) is 11.3 Å². The number of carbonyl (C=O) groups excluding carboxylic acids is 1. The van der Waals surface area contributed by atoms with Gasteiger partial charge in [-0.3, -0.25) is 9.48 Å². The summed E-state index contributed by atoms with van der Waals surface area (Å²) in [7, 11) is 3.74. The summed E-state index contributed by atoms with van der Waals surface area (Å²) in [4.78, 5) is 19.3. The van der Waals surface area contributed by atoms with Gasteiger partial charge in [-0.05, 0) is 26.0 Å². The number of pyridine rings is 1. The second kappa shape index (κ2) is 6.96. The Morgan fingerprint density at radius 3 is 2.50 bits per heavy atom. The third-order valence-electron chi connectivity index (χ3n) is 5.17. The van der Waals surface area contributed by atoms with Gasteiger partial charge in [-0.15, -0.1) is 0 Å². The van der Waals surface area contributed by atoms with Crippen molar-refractivity contribution in [1.29, 1.82) is 0 Å². The van der Waals surface area contributed by atoms with Gasteiger partial charge in [-0.1, -0.05) is 30.3 Å². The first-order valence-corrected chi connectivity index (χ1v) is 9.23. The van der Waals surface area contributed by atoms with Crippen LogP contribution in [0.4, 0.5) is 0 Å². The van der Waals surface area contributed by atoms with E-state index < -0.39 is 0 Å². The number of aryl methyl sites for hydroxylation is 2. The standard InChI is InChI=1S/C22H23N5O/c1-15-19(16(2)26(4)24-15)13-25(3)22(28)18-10-11-21-23-20(14-27(21)12-18)17-8-6-5-7-9-17/h5-12,14H,13H2,1-4H3. The molecule has 0 N–H and O–H groups in total. The molecule has 0 aliphatic rings. The molecular formula is C22H23N5O. The molecule has 0 aliphatic heterocycles. The lowest BCUT2D eigenvalue weighted by Gasteiger charge is -2.17. The molecule has 3 heterocycles. The van der Waals surface area contributed by atoms with Gasteiger partial charge >= 0.3 is 0 Å². The summed E-state index contributed by atoms with van der Waals surface area (Å²) in [5, 5.41) is 4.43. The van der Waals surface area contributed by atoms with Gasteiger partial charge in [0.1, 0.15) is 5.65 Å². The van der Waals surface area contributed by atoms with Gasteiger partial charge in [0.05, 0.1) is 17.0 Å². The van der Waals surface area contributed by atoms with Crippen LogP contribution in [0.25, 0.3) is 16.9 Å². The molecule has 28 heavy (non-hydrogen) atoms. The molecule has 0 saturated heterocycles. The SMILES string of the molecule is Cc1nn(C)c(C)c1CN(C)C(=O)c1ccc2nc(-c3ccccc3)cn2c1. The molecule has 3 aromatic heterocycles. The van der Waals surface area contributed by atoms with Crippen LogP contribution in [0.5, 0.6) is 0 Å². The largest absolute Gasteiger partial charge is 0.337 e. The van der Waals surface area contributed by atoms with Crippen molar-refractivity contribution in [3.05, 3.63) is 77.4 Å². The molecule has 1 amide bonds. The molecule has 0 radical (unpaired) electrons. The van der Waals surface area contributed by atoms with E-state index in [-0.39, 0.29) is 5.91 Å². The highest BCUT2D eigenvalue weighted by Crippen LogP contribution is 2.20. The maximum absolute atomic E-state index is 13.0. The zero-order chi connectivity index (χ0) is 19.8. The molecule has 0 unspecified atom stereocenters. The van der Waals surface area contributed by atoms with E-state index >= 15 is 0 Å². The molecule has 1 aromatic carbocycles. The first-order valence-electron chi connectivity index (χ1n) is 9.23. The van der Waals surface area contributed by atoms with Gasteiger partial charge < -0.3 is 9.30 Å².